The quantitative estimate of drug-likeness (QED) is 0.151. The molecule has 1 N–H and O–H groups in total. The Kier molecular flexibility index (Phi) is 10.6. The van der Waals surface area contributed by atoms with Crippen LogP contribution in [0.5, 0.6) is 5.75 Å². The molecule has 39 heavy (non-hydrogen) atoms. The number of halogens is 1. The van der Waals surface area contributed by atoms with Crippen molar-refractivity contribution in [1.82, 2.24) is 14.9 Å². The van der Waals surface area contributed by atoms with E-state index in [9.17, 15) is 4.79 Å². The molecule has 0 fully saturated rings. The van der Waals surface area contributed by atoms with Crippen molar-refractivity contribution in [3.05, 3.63) is 93.7 Å². The van der Waals surface area contributed by atoms with Gasteiger partial charge in [-0.2, -0.15) is 0 Å². The normalized spacial score (nSPS) is 11.3. The number of benzene rings is 3. The van der Waals surface area contributed by atoms with Crippen molar-refractivity contribution in [1.29, 1.82) is 0 Å². The van der Waals surface area contributed by atoms with E-state index in [-0.39, 0.29) is 5.91 Å². The predicted octanol–water partition coefficient (Wildman–Crippen LogP) is 8.23. The van der Waals surface area contributed by atoms with Gasteiger partial charge in [0.1, 0.15) is 11.6 Å². The van der Waals surface area contributed by atoms with E-state index in [1.807, 2.05) is 24.3 Å². The Morgan fingerprint density at radius 3 is 2.64 bits per heavy atom. The van der Waals surface area contributed by atoms with E-state index in [0.717, 1.165) is 73.2 Å². The number of nitrogens with zero attached hydrogens (tertiary/aromatic N) is 2. The summed E-state index contributed by atoms with van der Waals surface area (Å²) in [7, 11) is 0. The molecule has 3 aromatic carbocycles. The highest BCUT2D eigenvalue weighted by molar-refractivity contribution is 9.10. The fourth-order valence-corrected chi connectivity index (χ4v) is 5.28. The minimum absolute atomic E-state index is 0.0232. The molecule has 0 radical (unpaired) electrons. The third-order valence-electron chi connectivity index (χ3n) is 7.01. The Bertz CT molecular complexity index is 1380. The lowest BCUT2D eigenvalue weighted by atomic mass is 10.0. The first kappa shape index (κ1) is 28.9. The van der Waals surface area contributed by atoms with Crippen molar-refractivity contribution in [3.63, 3.8) is 0 Å². The van der Waals surface area contributed by atoms with Crippen molar-refractivity contribution in [2.75, 3.05) is 13.2 Å². The van der Waals surface area contributed by atoms with Gasteiger partial charge in [0.2, 0.25) is 0 Å². The number of fused-ring (bicyclic) bond motifs is 1. The SMILES string of the molecule is Cc1ccc(C(C)C)c(OCCCCn2c(CCCCCNC(=O)c3cccc(Br)c3)nc3ccccc32)c1. The first-order valence-electron chi connectivity index (χ1n) is 14.1. The highest BCUT2D eigenvalue weighted by Gasteiger charge is 2.11. The Labute approximate surface area is 241 Å². The van der Waals surface area contributed by atoms with E-state index in [1.165, 1.54) is 16.6 Å². The maximum Gasteiger partial charge on any atom is 0.251 e. The average molecular weight is 591 g/mol. The number of ether oxygens (including phenoxy) is 1. The molecule has 0 aliphatic carbocycles. The Morgan fingerprint density at radius 1 is 0.974 bits per heavy atom. The van der Waals surface area contributed by atoms with Crippen LogP contribution in [0, 0.1) is 6.92 Å². The van der Waals surface area contributed by atoms with Gasteiger partial charge in [0, 0.05) is 29.5 Å². The van der Waals surface area contributed by atoms with Crippen molar-refractivity contribution >= 4 is 32.9 Å². The van der Waals surface area contributed by atoms with Gasteiger partial charge in [0.25, 0.3) is 5.91 Å². The molecule has 1 aromatic heterocycles. The monoisotopic (exact) mass is 589 g/mol. The fourth-order valence-electron chi connectivity index (χ4n) is 4.88. The zero-order valence-corrected chi connectivity index (χ0v) is 25.0. The summed E-state index contributed by atoms with van der Waals surface area (Å²) < 4.78 is 9.51. The predicted molar refractivity (Wildman–Crippen MR) is 164 cm³/mol. The molecule has 0 spiro atoms. The minimum atomic E-state index is -0.0232. The van der Waals surface area contributed by atoms with E-state index in [0.29, 0.717) is 18.0 Å². The molecule has 0 atom stereocenters. The lowest BCUT2D eigenvalue weighted by Gasteiger charge is -2.15. The van der Waals surface area contributed by atoms with Crippen LogP contribution in [-0.2, 0) is 13.0 Å². The third-order valence-corrected chi connectivity index (χ3v) is 7.50. The Balaban J connectivity index is 1.24. The second kappa shape index (κ2) is 14.3. The summed E-state index contributed by atoms with van der Waals surface area (Å²) in [6.07, 6.45) is 6.02. The number of carbonyl (C=O) groups excluding carboxylic acids is 1. The number of imidazole rings is 1. The van der Waals surface area contributed by atoms with Gasteiger partial charge in [-0.05, 0) is 86.1 Å². The number of nitrogens with one attached hydrogen (secondary N) is 1. The summed E-state index contributed by atoms with van der Waals surface area (Å²) in [5, 5.41) is 3.03. The molecule has 0 aliphatic heterocycles. The molecule has 0 bridgehead atoms. The number of amides is 1. The summed E-state index contributed by atoms with van der Waals surface area (Å²) in [6, 6.07) is 22.4. The van der Waals surface area contributed by atoms with Crippen LogP contribution < -0.4 is 10.1 Å². The highest BCUT2D eigenvalue weighted by Crippen LogP contribution is 2.28. The van der Waals surface area contributed by atoms with Crippen LogP contribution in [0.1, 0.15) is 79.2 Å². The van der Waals surface area contributed by atoms with Crippen LogP contribution in [0.3, 0.4) is 0 Å². The van der Waals surface area contributed by atoms with Gasteiger partial charge >= 0.3 is 0 Å². The second-order valence-corrected chi connectivity index (χ2v) is 11.4. The average Bonchev–Trinajstić information content (AvgIpc) is 3.27. The molecule has 0 saturated heterocycles. The summed E-state index contributed by atoms with van der Waals surface area (Å²) in [5.74, 6) is 2.59. The molecule has 5 nitrogen and oxygen atoms in total. The maximum absolute atomic E-state index is 12.3. The first-order chi connectivity index (χ1) is 18.9. The number of unbranched alkanes of at least 4 members (excludes halogenated alkanes) is 3. The van der Waals surface area contributed by atoms with Crippen LogP contribution in [0.15, 0.2) is 71.2 Å². The van der Waals surface area contributed by atoms with Gasteiger partial charge in [-0.15, -0.1) is 0 Å². The topological polar surface area (TPSA) is 56.1 Å². The molecule has 4 aromatic rings. The number of hydrogen-bond donors (Lipinski definition) is 1. The zero-order valence-electron chi connectivity index (χ0n) is 23.4. The fraction of sp³-hybridized carbons (Fsp3) is 0.394. The molecule has 1 heterocycles. The Morgan fingerprint density at radius 2 is 1.82 bits per heavy atom. The highest BCUT2D eigenvalue weighted by atomic mass is 79.9. The summed E-state index contributed by atoms with van der Waals surface area (Å²) >= 11 is 3.42. The standard InChI is InChI=1S/C33H40BrN3O2/c1-24(2)28-18-17-25(3)22-31(28)39-21-10-9-20-37-30-15-7-6-14-29(30)36-32(37)16-5-4-8-19-35-33(38)26-12-11-13-27(34)23-26/h6-7,11-15,17-18,22-24H,4-5,8-10,16,19-21H2,1-3H3,(H,35,38). The molecular weight excluding hydrogens is 550 g/mol. The minimum Gasteiger partial charge on any atom is -0.493 e. The van der Waals surface area contributed by atoms with Crippen LogP contribution in [0.25, 0.3) is 11.0 Å². The largest absolute Gasteiger partial charge is 0.493 e. The van der Waals surface area contributed by atoms with E-state index >= 15 is 0 Å². The lowest BCUT2D eigenvalue weighted by molar-refractivity contribution is 0.0953. The smallest absolute Gasteiger partial charge is 0.251 e. The number of hydrogen-bond acceptors (Lipinski definition) is 3. The molecule has 0 aliphatic rings. The van der Waals surface area contributed by atoms with Gasteiger partial charge in [-0.25, -0.2) is 4.98 Å². The molecule has 0 unspecified atom stereocenters. The van der Waals surface area contributed by atoms with Crippen molar-refractivity contribution in [2.24, 2.45) is 0 Å². The van der Waals surface area contributed by atoms with E-state index in [4.69, 9.17) is 9.72 Å². The summed E-state index contributed by atoms with van der Waals surface area (Å²) in [4.78, 5) is 17.3. The van der Waals surface area contributed by atoms with Crippen LogP contribution in [-0.4, -0.2) is 28.6 Å². The van der Waals surface area contributed by atoms with E-state index in [1.54, 1.807) is 0 Å². The van der Waals surface area contributed by atoms with Gasteiger partial charge in [0.15, 0.2) is 0 Å². The molecular formula is C33H40BrN3O2. The van der Waals surface area contributed by atoms with Gasteiger partial charge in [0.05, 0.1) is 17.6 Å². The van der Waals surface area contributed by atoms with E-state index in [2.05, 4.69) is 89.0 Å². The molecule has 1 amide bonds. The molecule has 6 heteroatoms. The van der Waals surface area contributed by atoms with Crippen molar-refractivity contribution in [2.45, 2.75) is 71.8 Å². The molecule has 206 valence electrons. The van der Waals surface area contributed by atoms with Gasteiger partial charge in [-0.3, -0.25) is 4.79 Å². The lowest BCUT2D eigenvalue weighted by Crippen LogP contribution is -2.24. The number of aromatic nitrogens is 2. The van der Waals surface area contributed by atoms with E-state index < -0.39 is 0 Å². The molecule has 4 rings (SSSR count). The van der Waals surface area contributed by atoms with Gasteiger partial charge < -0.3 is 14.6 Å². The first-order valence-corrected chi connectivity index (χ1v) is 14.9. The second-order valence-electron chi connectivity index (χ2n) is 10.5. The molecule has 0 saturated carbocycles. The maximum atomic E-state index is 12.3. The van der Waals surface area contributed by atoms with Crippen molar-refractivity contribution in [3.8, 4) is 5.75 Å². The number of carbonyl (C=O) groups is 1. The van der Waals surface area contributed by atoms with Crippen LogP contribution >= 0.6 is 15.9 Å². The third kappa shape index (κ3) is 8.18. The van der Waals surface area contributed by atoms with Crippen molar-refractivity contribution < 1.29 is 9.53 Å². The van der Waals surface area contributed by atoms with Gasteiger partial charge in [-0.1, -0.05) is 66.5 Å². The summed E-state index contributed by atoms with van der Waals surface area (Å²) in [6.45, 7) is 8.87. The van der Waals surface area contributed by atoms with Crippen LogP contribution in [0.2, 0.25) is 0 Å². The number of rotatable bonds is 14. The summed E-state index contributed by atoms with van der Waals surface area (Å²) in [5.41, 5.74) is 5.46. The van der Waals surface area contributed by atoms with Crippen LogP contribution in [0.4, 0.5) is 0 Å². The Hall–Kier alpha value is -3.12. The zero-order chi connectivity index (χ0) is 27.6. The number of para-hydroxylation sites is 2. The number of aryl methyl sites for hydroxylation is 3.